The highest BCUT2D eigenvalue weighted by molar-refractivity contribution is 5.43. The van der Waals surface area contributed by atoms with E-state index in [1.807, 2.05) is 0 Å². The Morgan fingerprint density at radius 3 is 3.00 bits per heavy atom. The lowest BCUT2D eigenvalue weighted by atomic mass is 10.00. The summed E-state index contributed by atoms with van der Waals surface area (Å²) in [4.78, 5) is 0. The maximum absolute atomic E-state index is 14.1. The van der Waals surface area contributed by atoms with E-state index in [1.165, 1.54) is 6.07 Å². The summed E-state index contributed by atoms with van der Waals surface area (Å²) in [6, 6.07) is 1.24. The summed E-state index contributed by atoms with van der Waals surface area (Å²) < 4.78 is 32.9. The Morgan fingerprint density at radius 1 is 1.38 bits per heavy atom. The van der Waals surface area contributed by atoms with Crippen LogP contribution in [0.25, 0.3) is 0 Å². The van der Waals surface area contributed by atoms with E-state index in [-0.39, 0.29) is 17.6 Å². The number of ether oxygens (including phenoxy) is 1. The van der Waals surface area contributed by atoms with Crippen LogP contribution >= 0.6 is 0 Å². The lowest BCUT2D eigenvalue weighted by Gasteiger charge is -2.14. The van der Waals surface area contributed by atoms with E-state index in [2.05, 4.69) is 5.32 Å². The molecule has 0 amide bonds. The van der Waals surface area contributed by atoms with Gasteiger partial charge >= 0.3 is 0 Å². The van der Waals surface area contributed by atoms with Gasteiger partial charge in [0.1, 0.15) is 5.82 Å². The Morgan fingerprint density at radius 2 is 2.25 bits per heavy atom. The normalized spacial score (nSPS) is 23.2. The SMILES string of the molecule is Fc1cc([C@H]2CCCN2)c(F)c2c1OCC2. The van der Waals surface area contributed by atoms with Crippen molar-refractivity contribution in [2.75, 3.05) is 13.2 Å². The fourth-order valence-corrected chi connectivity index (χ4v) is 2.52. The summed E-state index contributed by atoms with van der Waals surface area (Å²) in [7, 11) is 0. The second kappa shape index (κ2) is 3.70. The van der Waals surface area contributed by atoms with Gasteiger partial charge in [-0.3, -0.25) is 0 Å². The lowest BCUT2D eigenvalue weighted by Crippen LogP contribution is -2.15. The fourth-order valence-electron chi connectivity index (χ4n) is 2.52. The number of benzene rings is 1. The molecule has 1 aromatic rings. The lowest BCUT2D eigenvalue weighted by molar-refractivity contribution is 0.338. The average Bonchev–Trinajstić information content (AvgIpc) is 2.92. The number of halogens is 2. The number of nitrogens with one attached hydrogen (secondary N) is 1. The number of rotatable bonds is 1. The van der Waals surface area contributed by atoms with Crippen molar-refractivity contribution in [1.29, 1.82) is 0 Å². The zero-order valence-corrected chi connectivity index (χ0v) is 8.85. The van der Waals surface area contributed by atoms with Crippen molar-refractivity contribution in [3.63, 3.8) is 0 Å². The van der Waals surface area contributed by atoms with Crippen LogP contribution < -0.4 is 10.1 Å². The van der Waals surface area contributed by atoms with Crippen LogP contribution in [0.15, 0.2) is 6.07 Å². The third-order valence-corrected chi connectivity index (χ3v) is 3.33. The van der Waals surface area contributed by atoms with Crippen molar-refractivity contribution in [1.82, 2.24) is 5.32 Å². The monoisotopic (exact) mass is 225 g/mol. The number of hydrogen-bond acceptors (Lipinski definition) is 2. The molecule has 4 heteroatoms. The van der Waals surface area contributed by atoms with Gasteiger partial charge in [0.15, 0.2) is 11.6 Å². The molecule has 0 aliphatic carbocycles. The van der Waals surface area contributed by atoms with Gasteiger partial charge in [-0.2, -0.15) is 0 Å². The summed E-state index contributed by atoms with van der Waals surface area (Å²) in [6.45, 7) is 1.25. The van der Waals surface area contributed by atoms with Crippen LogP contribution in [0.4, 0.5) is 8.78 Å². The molecule has 2 aliphatic rings. The smallest absolute Gasteiger partial charge is 0.165 e. The first kappa shape index (κ1) is 10.0. The molecule has 0 aromatic heterocycles. The second-order valence-corrected chi connectivity index (χ2v) is 4.32. The summed E-state index contributed by atoms with van der Waals surface area (Å²) >= 11 is 0. The van der Waals surface area contributed by atoms with E-state index in [9.17, 15) is 8.78 Å². The number of fused-ring (bicyclic) bond motifs is 1. The van der Waals surface area contributed by atoms with Crippen LogP contribution in [0.3, 0.4) is 0 Å². The zero-order valence-electron chi connectivity index (χ0n) is 8.85. The molecule has 0 saturated carbocycles. The maximum atomic E-state index is 14.1. The van der Waals surface area contributed by atoms with E-state index in [1.54, 1.807) is 0 Å². The highest BCUT2D eigenvalue weighted by Gasteiger charge is 2.28. The Labute approximate surface area is 92.6 Å². The van der Waals surface area contributed by atoms with Crippen LogP contribution in [0.5, 0.6) is 5.75 Å². The Bertz CT molecular complexity index is 428. The van der Waals surface area contributed by atoms with Gasteiger partial charge in [0.25, 0.3) is 0 Å². The highest BCUT2D eigenvalue weighted by Crippen LogP contribution is 2.36. The molecular weight excluding hydrogens is 212 g/mol. The highest BCUT2D eigenvalue weighted by atomic mass is 19.1. The van der Waals surface area contributed by atoms with Gasteiger partial charge < -0.3 is 10.1 Å². The summed E-state index contributed by atoms with van der Waals surface area (Å²) in [5.41, 5.74) is 0.864. The maximum Gasteiger partial charge on any atom is 0.165 e. The van der Waals surface area contributed by atoms with Crippen LogP contribution in [0.2, 0.25) is 0 Å². The van der Waals surface area contributed by atoms with E-state index in [4.69, 9.17) is 4.74 Å². The summed E-state index contributed by atoms with van der Waals surface area (Å²) in [5, 5.41) is 3.18. The van der Waals surface area contributed by atoms with E-state index >= 15 is 0 Å². The van der Waals surface area contributed by atoms with Crippen LogP contribution in [0.1, 0.15) is 30.0 Å². The van der Waals surface area contributed by atoms with Crippen LogP contribution in [-0.2, 0) is 6.42 Å². The zero-order chi connectivity index (χ0) is 11.1. The van der Waals surface area contributed by atoms with Crippen molar-refractivity contribution >= 4 is 0 Å². The average molecular weight is 225 g/mol. The van der Waals surface area contributed by atoms with Gasteiger partial charge in [-0.05, 0) is 25.5 Å². The molecule has 0 radical (unpaired) electrons. The molecule has 1 fully saturated rings. The first-order valence-electron chi connectivity index (χ1n) is 5.64. The fraction of sp³-hybridized carbons (Fsp3) is 0.500. The van der Waals surface area contributed by atoms with E-state index < -0.39 is 5.82 Å². The number of hydrogen-bond donors (Lipinski definition) is 1. The first-order chi connectivity index (χ1) is 7.77. The summed E-state index contributed by atoms with van der Waals surface area (Å²) in [5.74, 6) is -0.606. The predicted molar refractivity (Wildman–Crippen MR) is 55.5 cm³/mol. The second-order valence-electron chi connectivity index (χ2n) is 4.32. The van der Waals surface area contributed by atoms with Crippen molar-refractivity contribution in [2.45, 2.75) is 25.3 Å². The third kappa shape index (κ3) is 1.40. The van der Waals surface area contributed by atoms with E-state index in [0.717, 1.165) is 19.4 Å². The molecule has 2 heterocycles. The van der Waals surface area contributed by atoms with Gasteiger partial charge in [0, 0.05) is 23.6 Å². The molecule has 2 nitrogen and oxygen atoms in total. The van der Waals surface area contributed by atoms with Gasteiger partial charge in [-0.15, -0.1) is 0 Å². The molecule has 1 saturated heterocycles. The van der Waals surface area contributed by atoms with Gasteiger partial charge in [0.05, 0.1) is 6.61 Å². The molecule has 3 rings (SSSR count). The van der Waals surface area contributed by atoms with Crippen molar-refractivity contribution in [3.8, 4) is 5.75 Å². The largest absolute Gasteiger partial charge is 0.490 e. The minimum Gasteiger partial charge on any atom is -0.490 e. The molecule has 16 heavy (non-hydrogen) atoms. The molecule has 0 bridgehead atoms. The molecule has 2 aliphatic heterocycles. The van der Waals surface area contributed by atoms with Gasteiger partial charge in [-0.25, -0.2) is 8.78 Å². The molecule has 86 valence electrons. The Kier molecular flexibility index (Phi) is 2.32. The molecular formula is C12H13F2NO. The predicted octanol–water partition coefficient (Wildman–Crippen LogP) is 2.32. The Hall–Kier alpha value is -1.16. The standard InChI is InChI=1S/C12H13F2NO/c13-9-6-8(10-2-1-4-15-10)11(14)7-3-5-16-12(7)9/h6,10,15H,1-5H2/t10-/m1/s1. The molecule has 0 unspecified atom stereocenters. The third-order valence-electron chi connectivity index (χ3n) is 3.33. The quantitative estimate of drug-likeness (QED) is 0.792. The van der Waals surface area contributed by atoms with Crippen LogP contribution in [0, 0.1) is 11.6 Å². The minimum atomic E-state index is -0.433. The molecule has 0 spiro atoms. The van der Waals surface area contributed by atoms with Crippen molar-refractivity contribution in [3.05, 3.63) is 28.8 Å². The van der Waals surface area contributed by atoms with E-state index in [0.29, 0.717) is 24.2 Å². The Balaban J connectivity index is 2.08. The molecule has 1 N–H and O–H groups in total. The van der Waals surface area contributed by atoms with Gasteiger partial charge in [-0.1, -0.05) is 0 Å². The van der Waals surface area contributed by atoms with Crippen molar-refractivity contribution in [2.24, 2.45) is 0 Å². The first-order valence-corrected chi connectivity index (χ1v) is 5.64. The molecule has 1 aromatic carbocycles. The topological polar surface area (TPSA) is 21.3 Å². The summed E-state index contributed by atoms with van der Waals surface area (Å²) in [6.07, 6.45) is 2.36. The molecule has 1 atom stereocenters. The van der Waals surface area contributed by atoms with Crippen molar-refractivity contribution < 1.29 is 13.5 Å². The minimum absolute atomic E-state index is 0.0413. The van der Waals surface area contributed by atoms with Crippen LogP contribution in [-0.4, -0.2) is 13.2 Å². The van der Waals surface area contributed by atoms with Gasteiger partial charge in [0.2, 0.25) is 0 Å².